The molecule has 0 bridgehead atoms. The highest BCUT2D eigenvalue weighted by Crippen LogP contribution is 2.31. The standard InChI is InChI=1S/C17H30N4O2/c1-12-14(8-6-10-18)13(2)21(19-12)15-9-7-11-20(15)16(22)23-17(3,4)5/h15H,6-11,18H2,1-5H3. The molecular weight excluding hydrogens is 292 g/mol. The summed E-state index contributed by atoms with van der Waals surface area (Å²) in [6.07, 6.45) is 3.48. The number of aryl methyl sites for hydroxylation is 1. The van der Waals surface area contributed by atoms with Crippen LogP contribution in [0.4, 0.5) is 4.79 Å². The number of rotatable bonds is 4. The second-order valence-corrected chi connectivity index (χ2v) is 7.28. The van der Waals surface area contributed by atoms with E-state index in [1.54, 1.807) is 4.90 Å². The lowest BCUT2D eigenvalue weighted by Crippen LogP contribution is -2.38. The van der Waals surface area contributed by atoms with Crippen molar-refractivity contribution in [3.8, 4) is 0 Å². The Hall–Kier alpha value is -1.56. The fourth-order valence-corrected chi connectivity index (χ4v) is 3.16. The van der Waals surface area contributed by atoms with Gasteiger partial charge in [-0.3, -0.25) is 4.90 Å². The van der Waals surface area contributed by atoms with Crippen LogP contribution in [-0.4, -0.2) is 39.5 Å². The first-order valence-electron chi connectivity index (χ1n) is 8.49. The Labute approximate surface area is 139 Å². The molecule has 1 amide bonds. The van der Waals surface area contributed by atoms with E-state index < -0.39 is 5.60 Å². The first kappa shape index (κ1) is 17.8. The summed E-state index contributed by atoms with van der Waals surface area (Å²) in [5, 5.41) is 4.70. The van der Waals surface area contributed by atoms with Gasteiger partial charge in [-0.1, -0.05) is 0 Å². The van der Waals surface area contributed by atoms with E-state index in [0.717, 1.165) is 43.6 Å². The second-order valence-electron chi connectivity index (χ2n) is 7.28. The van der Waals surface area contributed by atoms with E-state index in [9.17, 15) is 4.79 Å². The summed E-state index contributed by atoms with van der Waals surface area (Å²) in [5.74, 6) is 0. The molecule has 0 spiro atoms. The highest BCUT2D eigenvalue weighted by Gasteiger charge is 2.35. The molecule has 0 aromatic carbocycles. The third-order valence-corrected chi connectivity index (χ3v) is 4.24. The molecule has 1 aromatic heterocycles. The molecule has 0 saturated carbocycles. The topological polar surface area (TPSA) is 73.4 Å². The molecular formula is C17H30N4O2. The Morgan fingerprint density at radius 2 is 2.09 bits per heavy atom. The van der Waals surface area contributed by atoms with Crippen molar-refractivity contribution in [1.82, 2.24) is 14.7 Å². The van der Waals surface area contributed by atoms with E-state index >= 15 is 0 Å². The molecule has 1 fully saturated rings. The number of carbonyl (C=O) groups is 1. The monoisotopic (exact) mass is 322 g/mol. The van der Waals surface area contributed by atoms with Gasteiger partial charge in [-0.2, -0.15) is 5.10 Å². The van der Waals surface area contributed by atoms with E-state index in [-0.39, 0.29) is 12.3 Å². The second kappa shape index (κ2) is 6.91. The van der Waals surface area contributed by atoms with Crippen LogP contribution in [0.2, 0.25) is 0 Å². The largest absolute Gasteiger partial charge is 0.444 e. The van der Waals surface area contributed by atoms with E-state index in [2.05, 4.69) is 6.92 Å². The maximum absolute atomic E-state index is 12.5. The molecule has 2 heterocycles. The van der Waals surface area contributed by atoms with Crippen LogP contribution in [-0.2, 0) is 11.2 Å². The zero-order valence-electron chi connectivity index (χ0n) is 15.1. The van der Waals surface area contributed by atoms with Crippen LogP contribution < -0.4 is 5.73 Å². The number of nitrogens with two attached hydrogens (primary N) is 1. The number of amides is 1. The van der Waals surface area contributed by atoms with Crippen molar-refractivity contribution < 1.29 is 9.53 Å². The van der Waals surface area contributed by atoms with Gasteiger partial charge in [0.15, 0.2) is 0 Å². The molecule has 6 nitrogen and oxygen atoms in total. The van der Waals surface area contributed by atoms with Gasteiger partial charge in [0.05, 0.1) is 5.69 Å². The summed E-state index contributed by atoms with van der Waals surface area (Å²) >= 11 is 0. The predicted molar refractivity (Wildman–Crippen MR) is 90.3 cm³/mol. The molecule has 1 aliphatic rings. The Morgan fingerprint density at radius 1 is 1.39 bits per heavy atom. The minimum absolute atomic E-state index is 0.0461. The first-order chi connectivity index (χ1) is 10.7. The molecule has 2 N–H and O–H groups in total. The van der Waals surface area contributed by atoms with E-state index in [0.29, 0.717) is 6.54 Å². The zero-order valence-corrected chi connectivity index (χ0v) is 15.1. The summed E-state index contributed by atoms with van der Waals surface area (Å²) < 4.78 is 7.54. The number of nitrogens with zero attached hydrogens (tertiary/aromatic N) is 3. The van der Waals surface area contributed by atoms with Gasteiger partial charge in [0, 0.05) is 12.2 Å². The van der Waals surface area contributed by atoms with Crippen LogP contribution in [0.5, 0.6) is 0 Å². The Kier molecular flexibility index (Phi) is 5.34. The first-order valence-corrected chi connectivity index (χ1v) is 8.49. The molecule has 1 unspecified atom stereocenters. The normalized spacial score (nSPS) is 18.5. The van der Waals surface area contributed by atoms with Crippen molar-refractivity contribution in [2.75, 3.05) is 13.1 Å². The molecule has 2 rings (SSSR count). The molecule has 1 atom stereocenters. The number of likely N-dealkylation sites (tertiary alicyclic amines) is 1. The quantitative estimate of drug-likeness (QED) is 0.925. The summed E-state index contributed by atoms with van der Waals surface area (Å²) in [5.41, 5.74) is 8.57. The van der Waals surface area contributed by atoms with E-state index in [1.807, 2.05) is 32.4 Å². The molecule has 130 valence electrons. The predicted octanol–water partition coefficient (Wildman–Crippen LogP) is 2.92. The van der Waals surface area contributed by atoms with E-state index in [4.69, 9.17) is 15.6 Å². The minimum atomic E-state index is -0.481. The smallest absolute Gasteiger partial charge is 0.411 e. The average molecular weight is 322 g/mol. The Bertz CT molecular complexity index is 560. The van der Waals surface area contributed by atoms with Gasteiger partial charge in [-0.15, -0.1) is 0 Å². The number of carbonyl (C=O) groups excluding carboxylic acids is 1. The van der Waals surface area contributed by atoms with Crippen LogP contribution in [0.25, 0.3) is 0 Å². The third-order valence-electron chi connectivity index (χ3n) is 4.24. The van der Waals surface area contributed by atoms with Crippen molar-refractivity contribution >= 4 is 6.09 Å². The van der Waals surface area contributed by atoms with Crippen molar-refractivity contribution in [3.05, 3.63) is 17.0 Å². The fourth-order valence-electron chi connectivity index (χ4n) is 3.16. The van der Waals surface area contributed by atoms with Crippen molar-refractivity contribution in [2.24, 2.45) is 5.73 Å². The number of ether oxygens (including phenoxy) is 1. The van der Waals surface area contributed by atoms with Gasteiger partial charge >= 0.3 is 6.09 Å². The summed E-state index contributed by atoms with van der Waals surface area (Å²) in [7, 11) is 0. The molecule has 6 heteroatoms. The maximum Gasteiger partial charge on any atom is 0.411 e. The summed E-state index contributed by atoms with van der Waals surface area (Å²) in [4.78, 5) is 14.3. The molecule has 1 saturated heterocycles. The Morgan fingerprint density at radius 3 is 2.70 bits per heavy atom. The molecule has 1 aliphatic heterocycles. The lowest BCUT2D eigenvalue weighted by Gasteiger charge is -2.29. The molecule has 0 aliphatic carbocycles. The van der Waals surface area contributed by atoms with Gasteiger partial charge in [0.2, 0.25) is 0 Å². The molecule has 0 radical (unpaired) electrons. The highest BCUT2D eigenvalue weighted by atomic mass is 16.6. The van der Waals surface area contributed by atoms with Crippen molar-refractivity contribution in [1.29, 1.82) is 0 Å². The minimum Gasteiger partial charge on any atom is -0.444 e. The summed E-state index contributed by atoms with van der Waals surface area (Å²) in [6.45, 7) is 11.2. The van der Waals surface area contributed by atoms with Crippen molar-refractivity contribution in [3.63, 3.8) is 0 Å². The number of hydrogen-bond donors (Lipinski definition) is 1. The van der Waals surface area contributed by atoms with Gasteiger partial charge in [0.1, 0.15) is 11.8 Å². The van der Waals surface area contributed by atoms with Gasteiger partial charge in [0.25, 0.3) is 0 Å². The van der Waals surface area contributed by atoms with Gasteiger partial charge in [-0.05, 0) is 72.4 Å². The Balaban J connectivity index is 2.21. The van der Waals surface area contributed by atoms with Crippen LogP contribution in [0.3, 0.4) is 0 Å². The van der Waals surface area contributed by atoms with Crippen LogP contribution in [0, 0.1) is 13.8 Å². The van der Waals surface area contributed by atoms with E-state index in [1.165, 1.54) is 5.56 Å². The number of hydrogen-bond acceptors (Lipinski definition) is 4. The van der Waals surface area contributed by atoms with Crippen LogP contribution in [0.15, 0.2) is 0 Å². The molecule has 23 heavy (non-hydrogen) atoms. The lowest BCUT2D eigenvalue weighted by atomic mass is 10.1. The maximum atomic E-state index is 12.5. The fraction of sp³-hybridized carbons (Fsp3) is 0.765. The van der Waals surface area contributed by atoms with Crippen LogP contribution >= 0.6 is 0 Å². The molecule has 1 aromatic rings. The highest BCUT2D eigenvalue weighted by molar-refractivity contribution is 5.68. The van der Waals surface area contributed by atoms with Crippen LogP contribution in [0.1, 0.15) is 63.2 Å². The third kappa shape index (κ3) is 4.05. The SMILES string of the molecule is Cc1nn(C2CCCN2C(=O)OC(C)(C)C)c(C)c1CCCN. The summed E-state index contributed by atoms with van der Waals surface area (Å²) in [6, 6.07) is 0. The average Bonchev–Trinajstić information content (AvgIpc) is 3.01. The van der Waals surface area contributed by atoms with Crippen molar-refractivity contribution in [2.45, 2.75) is 72.1 Å². The van der Waals surface area contributed by atoms with Gasteiger partial charge in [-0.25, -0.2) is 9.48 Å². The zero-order chi connectivity index (χ0) is 17.2. The number of aromatic nitrogens is 2. The lowest BCUT2D eigenvalue weighted by molar-refractivity contribution is 0.0147. The van der Waals surface area contributed by atoms with Gasteiger partial charge < -0.3 is 10.5 Å².